The Hall–Kier alpha value is -0.490. The average Bonchev–Trinajstić information content (AvgIpc) is 2.88. The van der Waals surface area contributed by atoms with E-state index in [1.165, 1.54) is 18.4 Å². The minimum atomic E-state index is 0.368. The molecule has 0 bridgehead atoms. The standard InChI is InChI=1S/C11H13Cl/c12-11(10-6-7-10)8-9-4-2-1-3-5-9/h1-5,10-11H,6-8H2. The molecule has 0 saturated heterocycles. The number of hydrogen-bond donors (Lipinski definition) is 0. The molecule has 1 aliphatic carbocycles. The van der Waals surface area contributed by atoms with Crippen molar-refractivity contribution in [3.63, 3.8) is 0 Å². The van der Waals surface area contributed by atoms with E-state index < -0.39 is 0 Å². The Morgan fingerprint density at radius 2 is 1.92 bits per heavy atom. The van der Waals surface area contributed by atoms with E-state index in [2.05, 4.69) is 24.3 Å². The fourth-order valence-electron chi connectivity index (χ4n) is 1.46. The van der Waals surface area contributed by atoms with Crippen molar-refractivity contribution < 1.29 is 0 Å². The van der Waals surface area contributed by atoms with Gasteiger partial charge in [0.1, 0.15) is 0 Å². The Morgan fingerprint density at radius 3 is 2.50 bits per heavy atom. The van der Waals surface area contributed by atoms with Gasteiger partial charge < -0.3 is 0 Å². The molecule has 1 saturated carbocycles. The van der Waals surface area contributed by atoms with Gasteiger partial charge in [0, 0.05) is 5.38 Å². The van der Waals surface area contributed by atoms with Crippen LogP contribution in [0.15, 0.2) is 30.3 Å². The van der Waals surface area contributed by atoms with Gasteiger partial charge in [0.15, 0.2) is 0 Å². The van der Waals surface area contributed by atoms with Crippen molar-refractivity contribution in [3.8, 4) is 0 Å². The third-order valence-corrected chi connectivity index (χ3v) is 2.92. The third kappa shape index (κ3) is 2.01. The summed E-state index contributed by atoms with van der Waals surface area (Å²) in [7, 11) is 0. The highest BCUT2D eigenvalue weighted by Gasteiger charge is 2.29. The molecule has 0 aromatic heterocycles. The first-order valence-electron chi connectivity index (χ1n) is 4.54. The van der Waals surface area contributed by atoms with Crippen LogP contribution in [0.1, 0.15) is 18.4 Å². The molecule has 0 amide bonds. The zero-order valence-corrected chi connectivity index (χ0v) is 7.80. The van der Waals surface area contributed by atoms with Crippen LogP contribution >= 0.6 is 11.6 Å². The summed E-state index contributed by atoms with van der Waals surface area (Å²) >= 11 is 6.21. The molecule has 2 rings (SSSR count). The largest absolute Gasteiger partial charge is 0.122 e. The highest BCUT2D eigenvalue weighted by atomic mass is 35.5. The van der Waals surface area contributed by atoms with Crippen LogP contribution < -0.4 is 0 Å². The summed E-state index contributed by atoms with van der Waals surface area (Å²) in [6, 6.07) is 10.5. The predicted molar refractivity (Wildman–Crippen MR) is 52.5 cm³/mol. The first-order chi connectivity index (χ1) is 5.86. The van der Waals surface area contributed by atoms with E-state index in [-0.39, 0.29) is 0 Å². The van der Waals surface area contributed by atoms with Crippen molar-refractivity contribution in [2.75, 3.05) is 0 Å². The second-order valence-corrected chi connectivity index (χ2v) is 4.10. The summed E-state index contributed by atoms with van der Waals surface area (Å²) in [5.41, 5.74) is 1.37. The second-order valence-electron chi connectivity index (χ2n) is 3.54. The molecule has 1 unspecified atom stereocenters. The minimum absolute atomic E-state index is 0.368. The molecule has 0 N–H and O–H groups in total. The van der Waals surface area contributed by atoms with E-state index in [0.29, 0.717) is 5.38 Å². The van der Waals surface area contributed by atoms with E-state index in [1.807, 2.05) is 6.07 Å². The lowest BCUT2D eigenvalue weighted by Gasteiger charge is -2.06. The van der Waals surface area contributed by atoms with Gasteiger partial charge in [0.05, 0.1) is 0 Å². The lowest BCUT2D eigenvalue weighted by atomic mass is 10.1. The summed E-state index contributed by atoms with van der Waals surface area (Å²) in [5.74, 6) is 0.798. The fourth-order valence-corrected chi connectivity index (χ4v) is 1.89. The van der Waals surface area contributed by atoms with E-state index in [9.17, 15) is 0 Å². The lowest BCUT2D eigenvalue weighted by molar-refractivity contribution is 0.737. The second kappa shape index (κ2) is 3.49. The van der Waals surface area contributed by atoms with Crippen molar-refractivity contribution in [1.82, 2.24) is 0 Å². The third-order valence-electron chi connectivity index (χ3n) is 2.41. The van der Waals surface area contributed by atoms with Crippen LogP contribution in [-0.4, -0.2) is 5.38 Å². The summed E-state index contributed by atoms with van der Waals surface area (Å²) in [6.07, 6.45) is 3.70. The number of hydrogen-bond acceptors (Lipinski definition) is 0. The van der Waals surface area contributed by atoms with Crippen molar-refractivity contribution in [2.45, 2.75) is 24.6 Å². The molecule has 12 heavy (non-hydrogen) atoms. The van der Waals surface area contributed by atoms with Gasteiger partial charge in [-0.3, -0.25) is 0 Å². The Morgan fingerprint density at radius 1 is 1.25 bits per heavy atom. The predicted octanol–water partition coefficient (Wildman–Crippen LogP) is 3.25. The van der Waals surface area contributed by atoms with Crippen LogP contribution in [0, 0.1) is 5.92 Å². The molecule has 0 heterocycles. The molecule has 0 radical (unpaired) electrons. The average molecular weight is 181 g/mol. The van der Waals surface area contributed by atoms with Gasteiger partial charge in [-0.2, -0.15) is 0 Å². The topological polar surface area (TPSA) is 0 Å². The number of benzene rings is 1. The first kappa shape index (κ1) is 8.12. The lowest BCUT2D eigenvalue weighted by Crippen LogP contribution is -2.04. The molecule has 0 aliphatic heterocycles. The van der Waals surface area contributed by atoms with Gasteiger partial charge in [0.25, 0.3) is 0 Å². The zero-order chi connectivity index (χ0) is 8.39. The number of halogens is 1. The van der Waals surface area contributed by atoms with Gasteiger partial charge in [-0.05, 0) is 30.7 Å². The highest BCUT2D eigenvalue weighted by Crippen LogP contribution is 2.37. The van der Waals surface area contributed by atoms with Gasteiger partial charge in [-0.1, -0.05) is 30.3 Å². The molecular formula is C11H13Cl. The Labute approximate surface area is 78.6 Å². The van der Waals surface area contributed by atoms with Crippen LogP contribution in [0.4, 0.5) is 0 Å². The van der Waals surface area contributed by atoms with E-state index in [4.69, 9.17) is 11.6 Å². The molecule has 1 atom stereocenters. The Balaban J connectivity index is 1.94. The van der Waals surface area contributed by atoms with Crippen LogP contribution in [0.2, 0.25) is 0 Å². The molecule has 1 aromatic carbocycles. The molecule has 1 aromatic rings. The molecule has 1 aliphatic rings. The van der Waals surface area contributed by atoms with Crippen molar-refractivity contribution >= 4 is 11.6 Å². The maximum absolute atomic E-state index is 6.21. The van der Waals surface area contributed by atoms with Gasteiger partial charge in [-0.25, -0.2) is 0 Å². The molecule has 0 spiro atoms. The van der Waals surface area contributed by atoms with Gasteiger partial charge in [-0.15, -0.1) is 11.6 Å². The van der Waals surface area contributed by atoms with E-state index >= 15 is 0 Å². The molecular weight excluding hydrogens is 168 g/mol. The first-order valence-corrected chi connectivity index (χ1v) is 4.98. The number of rotatable bonds is 3. The maximum atomic E-state index is 6.21. The van der Waals surface area contributed by atoms with E-state index in [1.54, 1.807) is 0 Å². The smallest absolute Gasteiger partial charge is 0.0404 e. The highest BCUT2D eigenvalue weighted by molar-refractivity contribution is 6.21. The normalized spacial score (nSPS) is 19.1. The number of alkyl halides is 1. The monoisotopic (exact) mass is 180 g/mol. The zero-order valence-electron chi connectivity index (χ0n) is 7.04. The molecule has 0 nitrogen and oxygen atoms in total. The summed E-state index contributed by atoms with van der Waals surface area (Å²) in [5, 5.41) is 0.368. The maximum Gasteiger partial charge on any atom is 0.0404 e. The quantitative estimate of drug-likeness (QED) is 0.627. The summed E-state index contributed by atoms with van der Waals surface area (Å²) < 4.78 is 0. The van der Waals surface area contributed by atoms with Crippen molar-refractivity contribution in [3.05, 3.63) is 35.9 Å². The van der Waals surface area contributed by atoms with Gasteiger partial charge in [0.2, 0.25) is 0 Å². The Kier molecular flexibility index (Phi) is 2.36. The van der Waals surface area contributed by atoms with Crippen LogP contribution in [0.5, 0.6) is 0 Å². The fraction of sp³-hybridized carbons (Fsp3) is 0.455. The Bertz CT molecular complexity index is 238. The summed E-state index contributed by atoms with van der Waals surface area (Å²) in [6.45, 7) is 0. The molecule has 1 heteroatoms. The SMILES string of the molecule is ClC(Cc1ccccc1)C1CC1. The van der Waals surface area contributed by atoms with E-state index in [0.717, 1.165) is 12.3 Å². The van der Waals surface area contributed by atoms with Gasteiger partial charge >= 0.3 is 0 Å². The van der Waals surface area contributed by atoms with Crippen LogP contribution in [-0.2, 0) is 6.42 Å². The van der Waals surface area contributed by atoms with Crippen molar-refractivity contribution in [1.29, 1.82) is 0 Å². The summed E-state index contributed by atoms with van der Waals surface area (Å²) in [4.78, 5) is 0. The minimum Gasteiger partial charge on any atom is -0.122 e. The van der Waals surface area contributed by atoms with Crippen molar-refractivity contribution in [2.24, 2.45) is 5.92 Å². The van der Waals surface area contributed by atoms with Crippen LogP contribution in [0.25, 0.3) is 0 Å². The molecule has 1 fully saturated rings. The molecule has 64 valence electrons. The van der Waals surface area contributed by atoms with Crippen LogP contribution in [0.3, 0.4) is 0 Å².